The fraction of sp³-hybridized carbons (Fsp3) is 0.500. The Hall–Kier alpha value is -1.12. The summed E-state index contributed by atoms with van der Waals surface area (Å²) in [6.45, 7) is 7.63. The van der Waals surface area contributed by atoms with Gasteiger partial charge in [-0.1, -0.05) is 42.8 Å². The van der Waals surface area contributed by atoms with Crippen LogP contribution < -0.4 is 5.73 Å². The lowest BCUT2D eigenvalue weighted by atomic mass is 10.1. The van der Waals surface area contributed by atoms with Gasteiger partial charge in [-0.2, -0.15) is 0 Å². The van der Waals surface area contributed by atoms with Crippen molar-refractivity contribution in [3.63, 3.8) is 0 Å². The predicted molar refractivity (Wildman–Crippen MR) is 79.4 cm³/mol. The maximum absolute atomic E-state index is 5.68. The Balaban J connectivity index is 2.28. The van der Waals surface area contributed by atoms with E-state index in [1.165, 1.54) is 24.8 Å². The number of hydrogen-bond acceptors (Lipinski definition) is 2. The Morgan fingerprint density at radius 2 is 1.83 bits per heavy atom. The number of allylic oxidation sites excluding steroid dienone is 1. The second kappa shape index (κ2) is 9.86. The van der Waals surface area contributed by atoms with Crippen LogP contribution in [-0.2, 0) is 6.54 Å². The maximum atomic E-state index is 5.68. The third-order valence-electron chi connectivity index (χ3n) is 3.08. The molecule has 0 saturated heterocycles. The largest absolute Gasteiger partial charge is 0.329 e. The van der Waals surface area contributed by atoms with Gasteiger partial charge in [0.25, 0.3) is 0 Å². The van der Waals surface area contributed by atoms with Gasteiger partial charge < -0.3 is 5.73 Å². The molecule has 0 saturated carbocycles. The highest BCUT2D eigenvalue weighted by Gasteiger charge is 2.04. The van der Waals surface area contributed by atoms with Crippen LogP contribution >= 0.6 is 0 Å². The molecule has 0 bridgehead atoms. The first-order chi connectivity index (χ1) is 8.86. The van der Waals surface area contributed by atoms with Gasteiger partial charge in [-0.3, -0.25) is 4.90 Å². The lowest BCUT2D eigenvalue weighted by Crippen LogP contribution is -2.30. The molecule has 2 N–H and O–H groups in total. The molecule has 0 fully saturated rings. The van der Waals surface area contributed by atoms with Crippen LogP contribution in [0.2, 0.25) is 0 Å². The zero-order chi connectivity index (χ0) is 13.1. The smallest absolute Gasteiger partial charge is 0.0234 e. The number of nitrogens with zero attached hydrogens (tertiary/aromatic N) is 1. The van der Waals surface area contributed by atoms with E-state index in [1.807, 2.05) is 6.08 Å². The lowest BCUT2D eigenvalue weighted by molar-refractivity contribution is 0.266. The lowest BCUT2D eigenvalue weighted by Gasteiger charge is -2.21. The van der Waals surface area contributed by atoms with Crippen molar-refractivity contribution in [1.82, 2.24) is 4.90 Å². The van der Waals surface area contributed by atoms with E-state index < -0.39 is 0 Å². The van der Waals surface area contributed by atoms with Crippen LogP contribution in [0.15, 0.2) is 43.0 Å². The summed E-state index contributed by atoms with van der Waals surface area (Å²) in [6, 6.07) is 10.6. The van der Waals surface area contributed by atoms with Crippen molar-refractivity contribution in [3.8, 4) is 0 Å². The van der Waals surface area contributed by atoms with E-state index in [1.54, 1.807) is 0 Å². The molecule has 0 aromatic heterocycles. The normalized spacial score (nSPS) is 10.8. The highest BCUT2D eigenvalue weighted by molar-refractivity contribution is 5.14. The maximum Gasteiger partial charge on any atom is 0.0234 e. The average molecular weight is 246 g/mol. The Kier molecular flexibility index (Phi) is 8.19. The molecule has 0 amide bonds. The van der Waals surface area contributed by atoms with Gasteiger partial charge in [-0.05, 0) is 31.4 Å². The molecule has 0 spiro atoms. The van der Waals surface area contributed by atoms with Gasteiger partial charge >= 0.3 is 0 Å². The van der Waals surface area contributed by atoms with Gasteiger partial charge in [0.2, 0.25) is 0 Å². The molecule has 100 valence electrons. The number of unbranched alkanes of at least 4 members (excludes halogenated alkanes) is 3. The topological polar surface area (TPSA) is 29.3 Å². The fourth-order valence-corrected chi connectivity index (χ4v) is 2.09. The second-order valence-electron chi connectivity index (χ2n) is 4.69. The molecule has 1 rings (SSSR count). The zero-order valence-corrected chi connectivity index (χ0v) is 11.4. The minimum Gasteiger partial charge on any atom is -0.329 e. The first kappa shape index (κ1) is 14.9. The van der Waals surface area contributed by atoms with Crippen molar-refractivity contribution in [2.24, 2.45) is 5.73 Å². The molecule has 0 heterocycles. The monoisotopic (exact) mass is 246 g/mol. The predicted octanol–water partition coefficient (Wildman–Crippen LogP) is 3.19. The first-order valence-electron chi connectivity index (χ1n) is 6.94. The number of rotatable bonds is 10. The van der Waals surface area contributed by atoms with Crippen molar-refractivity contribution in [3.05, 3.63) is 48.6 Å². The van der Waals surface area contributed by atoms with E-state index in [-0.39, 0.29) is 0 Å². The quantitative estimate of drug-likeness (QED) is 0.507. The molecule has 2 nitrogen and oxygen atoms in total. The van der Waals surface area contributed by atoms with Crippen LogP contribution in [0.25, 0.3) is 0 Å². The van der Waals surface area contributed by atoms with Gasteiger partial charge in [-0.15, -0.1) is 6.58 Å². The molecule has 0 aliphatic rings. The molecule has 2 heteroatoms. The third-order valence-corrected chi connectivity index (χ3v) is 3.08. The minimum absolute atomic E-state index is 0.736. The van der Waals surface area contributed by atoms with E-state index >= 15 is 0 Å². The van der Waals surface area contributed by atoms with Crippen molar-refractivity contribution in [2.75, 3.05) is 19.6 Å². The highest BCUT2D eigenvalue weighted by atomic mass is 15.1. The van der Waals surface area contributed by atoms with E-state index in [9.17, 15) is 0 Å². The van der Waals surface area contributed by atoms with Gasteiger partial charge in [0, 0.05) is 19.6 Å². The van der Waals surface area contributed by atoms with Gasteiger partial charge in [-0.25, -0.2) is 0 Å². The molecule has 0 radical (unpaired) electrons. The average Bonchev–Trinajstić information content (AvgIpc) is 2.40. The molecule has 1 aromatic carbocycles. The summed E-state index contributed by atoms with van der Waals surface area (Å²) < 4.78 is 0. The SMILES string of the molecule is C=CCCCCCN(CCN)Cc1ccccc1. The molecule has 1 aromatic rings. The van der Waals surface area contributed by atoms with Crippen LogP contribution in [-0.4, -0.2) is 24.5 Å². The van der Waals surface area contributed by atoms with Crippen LogP contribution in [0, 0.1) is 0 Å². The second-order valence-corrected chi connectivity index (χ2v) is 4.69. The van der Waals surface area contributed by atoms with Crippen LogP contribution in [0.4, 0.5) is 0 Å². The summed E-state index contributed by atoms with van der Waals surface area (Å²) in [6.07, 6.45) is 6.92. The molecule has 0 unspecified atom stereocenters. The Bertz CT molecular complexity index is 308. The molecule has 0 aliphatic carbocycles. The molecular formula is C16H26N2. The summed E-state index contributed by atoms with van der Waals surface area (Å²) in [5.74, 6) is 0. The summed E-state index contributed by atoms with van der Waals surface area (Å²) in [5.41, 5.74) is 7.05. The third kappa shape index (κ3) is 6.58. The van der Waals surface area contributed by atoms with Crippen LogP contribution in [0.1, 0.15) is 31.2 Å². The summed E-state index contributed by atoms with van der Waals surface area (Å²) in [5, 5.41) is 0. The highest BCUT2D eigenvalue weighted by Crippen LogP contribution is 2.07. The first-order valence-corrected chi connectivity index (χ1v) is 6.94. The van der Waals surface area contributed by atoms with E-state index in [0.717, 1.165) is 32.6 Å². The zero-order valence-electron chi connectivity index (χ0n) is 11.4. The fourth-order valence-electron chi connectivity index (χ4n) is 2.09. The van der Waals surface area contributed by atoms with Crippen molar-refractivity contribution in [2.45, 2.75) is 32.2 Å². The van der Waals surface area contributed by atoms with Crippen molar-refractivity contribution >= 4 is 0 Å². The molecule has 0 aliphatic heterocycles. The summed E-state index contributed by atoms with van der Waals surface area (Å²) >= 11 is 0. The Morgan fingerprint density at radius 3 is 2.50 bits per heavy atom. The Morgan fingerprint density at radius 1 is 1.06 bits per heavy atom. The molecular weight excluding hydrogens is 220 g/mol. The standard InChI is InChI=1S/C16H26N2/c1-2-3-4-5-9-13-18(14-12-17)15-16-10-7-6-8-11-16/h2,6-8,10-11H,1,3-5,9,12-15,17H2. The van der Waals surface area contributed by atoms with E-state index in [0.29, 0.717) is 0 Å². The van der Waals surface area contributed by atoms with Gasteiger partial charge in [0.15, 0.2) is 0 Å². The van der Waals surface area contributed by atoms with Gasteiger partial charge in [0.05, 0.1) is 0 Å². The number of nitrogens with two attached hydrogens (primary N) is 1. The summed E-state index contributed by atoms with van der Waals surface area (Å²) in [7, 11) is 0. The molecule has 0 atom stereocenters. The number of hydrogen-bond donors (Lipinski definition) is 1. The van der Waals surface area contributed by atoms with Gasteiger partial charge in [0.1, 0.15) is 0 Å². The van der Waals surface area contributed by atoms with Crippen LogP contribution in [0.5, 0.6) is 0 Å². The molecule has 18 heavy (non-hydrogen) atoms. The van der Waals surface area contributed by atoms with E-state index in [4.69, 9.17) is 5.73 Å². The van der Waals surface area contributed by atoms with Crippen molar-refractivity contribution in [1.29, 1.82) is 0 Å². The summed E-state index contributed by atoms with van der Waals surface area (Å²) in [4.78, 5) is 2.45. The van der Waals surface area contributed by atoms with Crippen molar-refractivity contribution < 1.29 is 0 Å². The van der Waals surface area contributed by atoms with E-state index in [2.05, 4.69) is 41.8 Å². The Labute approximate surface area is 111 Å². The minimum atomic E-state index is 0.736. The number of benzene rings is 1. The van der Waals surface area contributed by atoms with Crippen LogP contribution in [0.3, 0.4) is 0 Å².